The lowest BCUT2D eigenvalue weighted by Gasteiger charge is -2.09. The maximum Gasteiger partial charge on any atom is 0.319 e. The number of amides is 2. The fourth-order valence-corrected chi connectivity index (χ4v) is 1.70. The van der Waals surface area contributed by atoms with Gasteiger partial charge in [0, 0.05) is 12.2 Å². The first-order chi connectivity index (χ1) is 9.28. The number of nitrogens with one attached hydrogen (secondary N) is 2. The lowest BCUT2D eigenvalue weighted by molar-refractivity contribution is 0.251. The summed E-state index contributed by atoms with van der Waals surface area (Å²) in [6, 6.07) is 7.35. The first-order valence-electron chi connectivity index (χ1n) is 7.05. The number of ether oxygens (including phenoxy) is 1. The zero-order chi connectivity index (χ0) is 13.5. The summed E-state index contributed by atoms with van der Waals surface area (Å²) in [6.07, 6.45) is 4.67. The summed E-state index contributed by atoms with van der Waals surface area (Å²) in [7, 11) is 0. The van der Waals surface area contributed by atoms with Crippen LogP contribution in [0.15, 0.2) is 24.3 Å². The van der Waals surface area contributed by atoms with Crippen LogP contribution < -0.4 is 15.4 Å². The van der Waals surface area contributed by atoms with Crippen LogP contribution in [0.2, 0.25) is 0 Å². The molecule has 0 aliphatic heterocycles. The highest BCUT2D eigenvalue weighted by Crippen LogP contribution is 2.27. The van der Waals surface area contributed by atoms with Crippen molar-refractivity contribution in [3.63, 3.8) is 0 Å². The Labute approximate surface area is 114 Å². The van der Waals surface area contributed by atoms with Crippen LogP contribution in [-0.4, -0.2) is 19.2 Å². The topological polar surface area (TPSA) is 50.4 Å². The minimum absolute atomic E-state index is 0.133. The molecule has 1 fully saturated rings. The number of benzene rings is 1. The van der Waals surface area contributed by atoms with Crippen molar-refractivity contribution in [2.45, 2.75) is 32.6 Å². The van der Waals surface area contributed by atoms with Gasteiger partial charge in [0.1, 0.15) is 5.75 Å². The Morgan fingerprint density at radius 2 is 2.05 bits per heavy atom. The molecule has 0 saturated heterocycles. The highest BCUT2D eigenvalue weighted by atomic mass is 16.5. The Hall–Kier alpha value is -1.71. The number of unbranched alkanes of at least 4 members (excludes halogenated alkanes) is 1. The van der Waals surface area contributed by atoms with Crippen LogP contribution in [0, 0.1) is 5.92 Å². The molecule has 0 bridgehead atoms. The molecule has 0 unspecified atom stereocenters. The quantitative estimate of drug-likeness (QED) is 0.740. The lowest BCUT2D eigenvalue weighted by Crippen LogP contribution is -2.30. The molecular formula is C15H22N2O2. The molecule has 19 heavy (non-hydrogen) atoms. The Bertz CT molecular complexity index is 399. The third-order valence-electron chi connectivity index (χ3n) is 3.13. The summed E-state index contributed by atoms with van der Waals surface area (Å²) in [5.74, 6) is 1.54. The maximum atomic E-state index is 11.6. The zero-order valence-corrected chi connectivity index (χ0v) is 11.4. The van der Waals surface area contributed by atoms with Gasteiger partial charge in [0.15, 0.2) is 0 Å². The van der Waals surface area contributed by atoms with E-state index >= 15 is 0 Å². The monoisotopic (exact) mass is 262 g/mol. The van der Waals surface area contributed by atoms with Crippen molar-refractivity contribution in [2.24, 2.45) is 5.92 Å². The largest absolute Gasteiger partial charge is 0.494 e. The van der Waals surface area contributed by atoms with Crippen LogP contribution in [0.4, 0.5) is 10.5 Å². The molecule has 1 aromatic carbocycles. The van der Waals surface area contributed by atoms with Crippen molar-refractivity contribution in [1.82, 2.24) is 5.32 Å². The Morgan fingerprint density at radius 3 is 2.68 bits per heavy atom. The highest BCUT2D eigenvalue weighted by Gasteiger charge is 2.21. The number of rotatable bonds is 7. The van der Waals surface area contributed by atoms with Crippen molar-refractivity contribution >= 4 is 11.7 Å². The first-order valence-corrected chi connectivity index (χ1v) is 7.05. The molecule has 104 valence electrons. The molecule has 2 rings (SSSR count). The fraction of sp³-hybridized carbons (Fsp3) is 0.533. The molecule has 4 heteroatoms. The Kier molecular flexibility index (Phi) is 5.07. The van der Waals surface area contributed by atoms with Gasteiger partial charge >= 0.3 is 6.03 Å². The van der Waals surface area contributed by atoms with Crippen molar-refractivity contribution in [3.8, 4) is 5.75 Å². The average molecular weight is 262 g/mol. The number of carbonyl (C=O) groups excluding carboxylic acids is 1. The molecule has 2 N–H and O–H groups in total. The lowest BCUT2D eigenvalue weighted by atomic mass is 10.3. The Morgan fingerprint density at radius 1 is 1.32 bits per heavy atom. The summed E-state index contributed by atoms with van der Waals surface area (Å²) >= 11 is 0. The van der Waals surface area contributed by atoms with Gasteiger partial charge in [-0.1, -0.05) is 13.3 Å². The van der Waals surface area contributed by atoms with Crippen LogP contribution >= 0.6 is 0 Å². The standard InChI is InChI=1S/C15H22N2O2/c1-2-3-10-19-14-8-6-13(7-9-14)17-15(18)16-11-12-4-5-12/h6-9,12H,2-5,10-11H2,1H3,(H2,16,17,18). The second-order valence-corrected chi connectivity index (χ2v) is 5.00. The summed E-state index contributed by atoms with van der Waals surface area (Å²) in [6.45, 7) is 3.66. The van der Waals surface area contributed by atoms with E-state index in [-0.39, 0.29) is 6.03 Å². The summed E-state index contributed by atoms with van der Waals surface area (Å²) in [5.41, 5.74) is 0.788. The second-order valence-electron chi connectivity index (χ2n) is 5.00. The van der Waals surface area contributed by atoms with E-state index in [0.717, 1.165) is 37.4 Å². The summed E-state index contributed by atoms with van der Waals surface area (Å²) < 4.78 is 5.57. The SMILES string of the molecule is CCCCOc1ccc(NC(=O)NCC2CC2)cc1. The molecule has 1 aliphatic carbocycles. The van der Waals surface area contributed by atoms with Gasteiger partial charge in [-0.25, -0.2) is 4.79 Å². The average Bonchev–Trinajstić information content (AvgIpc) is 3.23. The van der Waals surface area contributed by atoms with Crippen molar-refractivity contribution in [3.05, 3.63) is 24.3 Å². The smallest absolute Gasteiger partial charge is 0.319 e. The van der Waals surface area contributed by atoms with Gasteiger partial charge in [-0.05, 0) is 49.4 Å². The van der Waals surface area contributed by atoms with E-state index in [0.29, 0.717) is 5.92 Å². The van der Waals surface area contributed by atoms with Crippen LogP contribution in [0.1, 0.15) is 32.6 Å². The molecular weight excluding hydrogens is 240 g/mol. The van der Waals surface area contributed by atoms with Crippen molar-refractivity contribution in [2.75, 3.05) is 18.5 Å². The van der Waals surface area contributed by atoms with Gasteiger partial charge in [-0.2, -0.15) is 0 Å². The number of urea groups is 1. The van der Waals surface area contributed by atoms with Crippen LogP contribution in [0.5, 0.6) is 5.75 Å². The van der Waals surface area contributed by atoms with Gasteiger partial charge in [0.2, 0.25) is 0 Å². The van der Waals surface area contributed by atoms with Crippen LogP contribution in [-0.2, 0) is 0 Å². The van der Waals surface area contributed by atoms with E-state index in [4.69, 9.17) is 4.74 Å². The number of hydrogen-bond acceptors (Lipinski definition) is 2. The summed E-state index contributed by atoms with van der Waals surface area (Å²) in [4.78, 5) is 11.6. The third kappa shape index (κ3) is 5.20. The highest BCUT2D eigenvalue weighted by molar-refractivity contribution is 5.89. The normalized spacial score (nSPS) is 13.9. The maximum absolute atomic E-state index is 11.6. The number of hydrogen-bond donors (Lipinski definition) is 2. The molecule has 0 atom stereocenters. The van der Waals surface area contributed by atoms with Gasteiger partial charge in [-0.3, -0.25) is 0 Å². The van der Waals surface area contributed by atoms with Crippen LogP contribution in [0.25, 0.3) is 0 Å². The van der Waals surface area contributed by atoms with E-state index in [9.17, 15) is 4.79 Å². The van der Waals surface area contributed by atoms with E-state index in [1.807, 2.05) is 24.3 Å². The van der Waals surface area contributed by atoms with Crippen LogP contribution in [0.3, 0.4) is 0 Å². The van der Waals surface area contributed by atoms with Gasteiger partial charge in [0.25, 0.3) is 0 Å². The molecule has 1 aromatic rings. The fourth-order valence-electron chi connectivity index (χ4n) is 1.70. The van der Waals surface area contributed by atoms with E-state index in [2.05, 4.69) is 17.6 Å². The van der Waals surface area contributed by atoms with E-state index < -0.39 is 0 Å². The molecule has 1 aliphatic rings. The number of carbonyl (C=O) groups is 1. The van der Waals surface area contributed by atoms with Gasteiger partial charge in [0.05, 0.1) is 6.61 Å². The molecule has 0 radical (unpaired) electrons. The summed E-state index contributed by atoms with van der Waals surface area (Å²) in [5, 5.41) is 5.68. The molecule has 1 saturated carbocycles. The molecule has 0 aromatic heterocycles. The molecule has 0 spiro atoms. The minimum Gasteiger partial charge on any atom is -0.494 e. The van der Waals surface area contributed by atoms with Gasteiger partial charge < -0.3 is 15.4 Å². The second kappa shape index (κ2) is 7.02. The zero-order valence-electron chi connectivity index (χ0n) is 11.4. The van der Waals surface area contributed by atoms with E-state index in [1.54, 1.807) is 0 Å². The van der Waals surface area contributed by atoms with Gasteiger partial charge in [-0.15, -0.1) is 0 Å². The molecule has 0 heterocycles. The predicted octanol–water partition coefficient (Wildman–Crippen LogP) is 3.40. The number of anilines is 1. The minimum atomic E-state index is -0.133. The Balaban J connectivity index is 1.72. The first kappa shape index (κ1) is 13.7. The van der Waals surface area contributed by atoms with E-state index in [1.165, 1.54) is 12.8 Å². The molecule has 4 nitrogen and oxygen atoms in total. The third-order valence-corrected chi connectivity index (χ3v) is 3.13. The predicted molar refractivity (Wildman–Crippen MR) is 76.6 cm³/mol. The van der Waals surface area contributed by atoms with Crippen molar-refractivity contribution in [1.29, 1.82) is 0 Å². The van der Waals surface area contributed by atoms with Crippen molar-refractivity contribution < 1.29 is 9.53 Å². The molecule has 2 amide bonds.